The van der Waals surface area contributed by atoms with Crippen LogP contribution in [0.4, 0.5) is 13.2 Å². The number of benzene rings is 1. The molecule has 0 aliphatic rings. The van der Waals surface area contributed by atoms with E-state index in [4.69, 9.17) is 4.43 Å². The van der Waals surface area contributed by atoms with Crippen LogP contribution in [0.2, 0.25) is 19.6 Å². The lowest BCUT2D eigenvalue weighted by atomic mass is 10.1. The third-order valence-electron chi connectivity index (χ3n) is 2.26. The highest BCUT2D eigenvalue weighted by atomic mass is 28.4. The molecule has 0 aliphatic heterocycles. The zero-order chi connectivity index (χ0) is 13.9. The molecule has 1 aromatic carbocycles. The van der Waals surface area contributed by atoms with Crippen LogP contribution in [0.3, 0.4) is 0 Å². The number of halogens is 3. The van der Waals surface area contributed by atoms with Crippen LogP contribution in [0.15, 0.2) is 36.2 Å². The van der Waals surface area contributed by atoms with Gasteiger partial charge in [-0.15, -0.1) is 0 Å². The van der Waals surface area contributed by atoms with Gasteiger partial charge >= 0.3 is 6.08 Å². The van der Waals surface area contributed by atoms with E-state index in [-0.39, 0.29) is 0 Å². The third-order valence-corrected chi connectivity index (χ3v) is 3.21. The molecular weight excluding hydrogens is 257 g/mol. The highest BCUT2D eigenvalue weighted by molar-refractivity contribution is 6.69. The second-order valence-electron chi connectivity index (χ2n) is 5.13. The Morgan fingerprint density at radius 2 is 1.56 bits per heavy atom. The summed E-state index contributed by atoms with van der Waals surface area (Å²) in [5, 5.41) is 0. The molecular formula is C13H17F3OSi. The molecule has 0 spiro atoms. The highest BCUT2D eigenvalue weighted by Gasteiger charge is 2.28. The van der Waals surface area contributed by atoms with Gasteiger partial charge in [-0.1, -0.05) is 29.8 Å². The lowest BCUT2D eigenvalue weighted by Gasteiger charge is -2.25. The van der Waals surface area contributed by atoms with E-state index in [9.17, 15) is 13.2 Å². The van der Waals surface area contributed by atoms with E-state index in [1.165, 1.54) is 0 Å². The van der Waals surface area contributed by atoms with Crippen molar-refractivity contribution in [3.05, 3.63) is 47.3 Å². The van der Waals surface area contributed by atoms with Crippen molar-refractivity contribution >= 4 is 8.32 Å². The molecule has 1 unspecified atom stereocenters. The van der Waals surface area contributed by atoms with Crippen LogP contribution in [-0.4, -0.2) is 8.32 Å². The van der Waals surface area contributed by atoms with Crippen molar-refractivity contribution < 1.29 is 17.6 Å². The molecule has 1 rings (SSSR count). The van der Waals surface area contributed by atoms with E-state index in [1.807, 2.05) is 26.6 Å². The fourth-order valence-electron chi connectivity index (χ4n) is 1.46. The summed E-state index contributed by atoms with van der Waals surface area (Å²) in [5.41, 5.74) is 1.39. The summed E-state index contributed by atoms with van der Waals surface area (Å²) < 4.78 is 44.0. The number of rotatable bonds is 4. The second kappa shape index (κ2) is 5.71. The lowest BCUT2D eigenvalue weighted by Crippen LogP contribution is -2.28. The molecule has 18 heavy (non-hydrogen) atoms. The van der Waals surface area contributed by atoms with E-state index >= 15 is 0 Å². The predicted molar refractivity (Wildman–Crippen MR) is 68.7 cm³/mol. The van der Waals surface area contributed by atoms with Crippen LogP contribution in [0.5, 0.6) is 0 Å². The van der Waals surface area contributed by atoms with Crippen LogP contribution >= 0.6 is 0 Å². The smallest absolute Gasteiger partial charge is 0.304 e. The van der Waals surface area contributed by atoms with Crippen LogP contribution < -0.4 is 0 Å². The monoisotopic (exact) mass is 274 g/mol. The van der Waals surface area contributed by atoms with E-state index < -0.39 is 26.3 Å². The van der Waals surface area contributed by atoms with Crippen LogP contribution in [0, 0.1) is 6.92 Å². The Hall–Kier alpha value is -1.07. The van der Waals surface area contributed by atoms with E-state index in [0.717, 1.165) is 5.56 Å². The Morgan fingerprint density at radius 3 is 1.94 bits per heavy atom. The molecule has 0 amide bonds. The lowest BCUT2D eigenvalue weighted by molar-refractivity contribution is 0.188. The Kier molecular flexibility index (Phi) is 4.75. The molecule has 0 saturated heterocycles. The fourth-order valence-corrected chi connectivity index (χ4v) is 2.41. The SMILES string of the molecule is Cc1ccc(C(O[Si](C)(C)C)C(F)=C(F)F)cc1. The van der Waals surface area contributed by atoms with Gasteiger partial charge in [0.25, 0.3) is 0 Å². The fraction of sp³-hybridized carbons (Fsp3) is 0.385. The minimum atomic E-state index is -2.32. The molecule has 0 saturated carbocycles. The molecule has 0 N–H and O–H groups in total. The first-order chi connectivity index (χ1) is 8.20. The summed E-state index contributed by atoms with van der Waals surface area (Å²) in [4.78, 5) is 0. The Balaban J connectivity index is 3.13. The highest BCUT2D eigenvalue weighted by Crippen LogP contribution is 2.33. The number of hydrogen-bond donors (Lipinski definition) is 0. The topological polar surface area (TPSA) is 9.23 Å². The molecule has 5 heteroatoms. The average molecular weight is 274 g/mol. The number of hydrogen-bond acceptors (Lipinski definition) is 1. The molecule has 0 aliphatic carbocycles. The minimum absolute atomic E-state index is 0.410. The quantitative estimate of drug-likeness (QED) is 0.705. The van der Waals surface area contributed by atoms with Gasteiger partial charge in [0, 0.05) is 0 Å². The largest absolute Gasteiger partial charge is 0.404 e. The van der Waals surface area contributed by atoms with E-state index in [0.29, 0.717) is 5.56 Å². The molecule has 0 bridgehead atoms. The third kappa shape index (κ3) is 4.31. The standard InChI is InChI=1S/C13H17F3OSi/c1-9-5-7-10(8-6-9)12(11(14)13(15)16)17-18(2,3)4/h5-8,12H,1-4H3. The summed E-state index contributed by atoms with van der Waals surface area (Å²) in [6, 6.07) is 6.73. The maximum absolute atomic E-state index is 13.5. The minimum Gasteiger partial charge on any atom is -0.404 e. The van der Waals surface area contributed by atoms with Gasteiger partial charge in [0.15, 0.2) is 14.1 Å². The van der Waals surface area contributed by atoms with Gasteiger partial charge in [-0.25, -0.2) is 4.39 Å². The van der Waals surface area contributed by atoms with Crippen molar-refractivity contribution in [2.24, 2.45) is 0 Å². The normalized spacial score (nSPS) is 13.3. The van der Waals surface area contributed by atoms with Gasteiger partial charge in [0.2, 0.25) is 0 Å². The summed E-state index contributed by atoms with van der Waals surface area (Å²) in [6.07, 6.45) is -3.62. The molecule has 0 fully saturated rings. The van der Waals surface area contributed by atoms with Gasteiger partial charge in [-0.05, 0) is 32.1 Å². The average Bonchev–Trinajstić information content (AvgIpc) is 2.25. The van der Waals surface area contributed by atoms with E-state index in [1.54, 1.807) is 24.3 Å². The van der Waals surface area contributed by atoms with Gasteiger partial charge in [-0.3, -0.25) is 0 Å². The van der Waals surface area contributed by atoms with Crippen molar-refractivity contribution in [2.45, 2.75) is 32.7 Å². The first-order valence-electron chi connectivity index (χ1n) is 5.66. The second-order valence-corrected chi connectivity index (χ2v) is 9.59. The van der Waals surface area contributed by atoms with Gasteiger partial charge in [0.1, 0.15) is 6.10 Å². The maximum Gasteiger partial charge on any atom is 0.304 e. The Bertz CT molecular complexity index is 431. The first-order valence-corrected chi connectivity index (χ1v) is 9.06. The molecule has 1 atom stereocenters. The van der Waals surface area contributed by atoms with Crippen molar-refractivity contribution in [3.63, 3.8) is 0 Å². The summed E-state index contributed by atoms with van der Waals surface area (Å²) >= 11 is 0. The number of aryl methyl sites for hydroxylation is 1. The maximum atomic E-state index is 13.5. The molecule has 0 aromatic heterocycles. The summed E-state index contributed by atoms with van der Waals surface area (Å²) in [7, 11) is -2.13. The van der Waals surface area contributed by atoms with Crippen molar-refractivity contribution in [1.82, 2.24) is 0 Å². The zero-order valence-electron chi connectivity index (χ0n) is 10.9. The van der Waals surface area contributed by atoms with Gasteiger partial charge in [0.05, 0.1) is 0 Å². The first kappa shape index (κ1) is 15.0. The molecule has 0 radical (unpaired) electrons. The van der Waals surface area contributed by atoms with Crippen molar-refractivity contribution in [1.29, 1.82) is 0 Å². The molecule has 100 valence electrons. The molecule has 0 heterocycles. The predicted octanol–water partition coefficient (Wildman–Crippen LogP) is 4.97. The Morgan fingerprint density at radius 1 is 1.06 bits per heavy atom. The molecule has 1 aromatic rings. The van der Waals surface area contributed by atoms with Crippen molar-refractivity contribution in [2.75, 3.05) is 0 Å². The van der Waals surface area contributed by atoms with Gasteiger partial charge < -0.3 is 4.43 Å². The summed E-state index contributed by atoms with van der Waals surface area (Å²) in [5.74, 6) is -1.50. The van der Waals surface area contributed by atoms with Crippen molar-refractivity contribution in [3.8, 4) is 0 Å². The van der Waals surface area contributed by atoms with Crippen LogP contribution in [-0.2, 0) is 4.43 Å². The van der Waals surface area contributed by atoms with Crippen LogP contribution in [0.1, 0.15) is 17.2 Å². The van der Waals surface area contributed by atoms with E-state index in [2.05, 4.69) is 0 Å². The Labute approximate surface area is 106 Å². The molecule has 1 nitrogen and oxygen atoms in total. The zero-order valence-corrected chi connectivity index (χ0v) is 11.9. The van der Waals surface area contributed by atoms with Gasteiger partial charge in [-0.2, -0.15) is 8.78 Å². The summed E-state index contributed by atoms with van der Waals surface area (Å²) in [6.45, 7) is 7.37. The van der Waals surface area contributed by atoms with Crippen LogP contribution in [0.25, 0.3) is 0 Å².